The zero-order valence-corrected chi connectivity index (χ0v) is 22.4. The second-order valence-corrected chi connectivity index (χ2v) is 12.7. The Hall–Kier alpha value is -2.84. The first kappa shape index (κ1) is 23.1. The van der Waals surface area contributed by atoms with Gasteiger partial charge >= 0.3 is 0 Å². The number of piperidine rings is 1. The second kappa shape index (κ2) is 8.85. The van der Waals surface area contributed by atoms with Gasteiger partial charge in [0.1, 0.15) is 17.8 Å². The SMILES string of the molecule is Fc1c(-c2cccc3scnc23)ncc2c(N3CC4CCC(C4)C3)cc(OCC34CCCN3CCC4)nc12. The third kappa shape index (κ3) is 3.63. The number of thiazole rings is 1. The lowest BCUT2D eigenvalue weighted by Crippen LogP contribution is -2.43. The minimum Gasteiger partial charge on any atom is -0.476 e. The highest BCUT2D eigenvalue weighted by Crippen LogP contribution is 2.43. The van der Waals surface area contributed by atoms with Crippen molar-refractivity contribution in [3.8, 4) is 17.1 Å². The van der Waals surface area contributed by atoms with Crippen LogP contribution < -0.4 is 9.64 Å². The van der Waals surface area contributed by atoms with Crippen LogP contribution in [0.1, 0.15) is 44.9 Å². The van der Waals surface area contributed by atoms with Crippen LogP contribution in [-0.2, 0) is 0 Å². The number of fused-ring (bicyclic) bond motifs is 5. The molecule has 1 aromatic carbocycles. The van der Waals surface area contributed by atoms with Gasteiger partial charge in [0.15, 0.2) is 5.82 Å². The van der Waals surface area contributed by atoms with Crippen LogP contribution in [0.3, 0.4) is 0 Å². The Kier molecular flexibility index (Phi) is 5.37. The molecule has 8 heteroatoms. The number of hydrogen-bond donors (Lipinski definition) is 0. The molecule has 4 fully saturated rings. The standard InChI is InChI=1S/C30H32FN5OS/c31-26-28(21-4-1-5-24-27(21)33-18-38-24)32-14-22-23(35-15-19-6-7-20(12-19)16-35)13-25(34-29(22)26)37-17-30-8-2-10-36(30)11-3-9-30/h1,4-5,13-14,18-20H,2-3,6-12,15-17H2. The summed E-state index contributed by atoms with van der Waals surface area (Å²) in [6.07, 6.45) is 10.5. The van der Waals surface area contributed by atoms with Gasteiger partial charge in [-0.25, -0.2) is 14.4 Å². The fourth-order valence-electron chi connectivity index (χ4n) is 7.79. The van der Waals surface area contributed by atoms with Crippen molar-refractivity contribution in [1.82, 2.24) is 19.9 Å². The summed E-state index contributed by atoms with van der Waals surface area (Å²) in [5.74, 6) is 1.56. The summed E-state index contributed by atoms with van der Waals surface area (Å²) in [6, 6.07) is 7.91. The molecule has 3 aliphatic heterocycles. The smallest absolute Gasteiger partial charge is 0.216 e. The third-order valence-corrected chi connectivity index (χ3v) is 10.4. The van der Waals surface area contributed by atoms with Gasteiger partial charge in [0, 0.05) is 36.3 Å². The average Bonchev–Trinajstić information content (AvgIpc) is 3.71. The quantitative estimate of drug-likeness (QED) is 0.303. The number of aromatic nitrogens is 3. The van der Waals surface area contributed by atoms with Crippen molar-refractivity contribution in [3.63, 3.8) is 0 Å². The molecule has 2 bridgehead atoms. The Bertz CT molecular complexity index is 1520. The average molecular weight is 530 g/mol. The molecule has 4 aromatic rings. The number of ether oxygens (including phenoxy) is 1. The molecular formula is C30H32FN5OS. The number of nitrogens with zero attached hydrogens (tertiary/aromatic N) is 5. The number of hydrogen-bond acceptors (Lipinski definition) is 7. The topological polar surface area (TPSA) is 54.4 Å². The summed E-state index contributed by atoms with van der Waals surface area (Å²) in [5, 5.41) is 0.770. The molecule has 1 aliphatic carbocycles. The van der Waals surface area contributed by atoms with Gasteiger partial charge in [-0.2, -0.15) is 0 Å². The molecule has 196 valence electrons. The van der Waals surface area contributed by atoms with Gasteiger partial charge in [-0.1, -0.05) is 12.1 Å². The fraction of sp³-hybridized carbons (Fsp3) is 0.500. The van der Waals surface area contributed by atoms with E-state index in [4.69, 9.17) is 9.72 Å². The van der Waals surface area contributed by atoms with Crippen molar-refractivity contribution in [2.24, 2.45) is 11.8 Å². The molecule has 38 heavy (non-hydrogen) atoms. The number of pyridine rings is 2. The minimum atomic E-state index is -0.392. The summed E-state index contributed by atoms with van der Waals surface area (Å²) in [5.41, 5.74) is 5.07. The predicted octanol–water partition coefficient (Wildman–Crippen LogP) is 6.29. The summed E-state index contributed by atoms with van der Waals surface area (Å²) in [7, 11) is 0. The van der Waals surface area contributed by atoms with Crippen LogP contribution in [-0.4, -0.2) is 58.2 Å². The summed E-state index contributed by atoms with van der Waals surface area (Å²) < 4.78 is 23.9. The first-order valence-corrected chi connectivity index (χ1v) is 15.0. The lowest BCUT2D eigenvalue weighted by Gasteiger charge is -2.35. The van der Waals surface area contributed by atoms with Crippen molar-refractivity contribution in [3.05, 3.63) is 41.8 Å². The van der Waals surface area contributed by atoms with Crippen molar-refractivity contribution in [1.29, 1.82) is 0 Å². The number of para-hydroxylation sites is 1. The Balaban J connectivity index is 1.24. The van der Waals surface area contributed by atoms with Crippen LogP contribution in [0.15, 0.2) is 36.0 Å². The highest BCUT2D eigenvalue weighted by molar-refractivity contribution is 7.16. The van der Waals surface area contributed by atoms with Gasteiger partial charge in [-0.15, -0.1) is 11.3 Å². The lowest BCUT2D eigenvalue weighted by atomic mass is 9.95. The van der Waals surface area contributed by atoms with Gasteiger partial charge < -0.3 is 9.64 Å². The fourth-order valence-corrected chi connectivity index (χ4v) is 8.49. The molecule has 2 atom stereocenters. The van der Waals surface area contributed by atoms with E-state index in [0.717, 1.165) is 47.5 Å². The van der Waals surface area contributed by atoms with Gasteiger partial charge in [-0.05, 0) is 75.9 Å². The van der Waals surface area contributed by atoms with E-state index in [-0.39, 0.29) is 5.54 Å². The normalized spacial score (nSPS) is 24.5. The summed E-state index contributed by atoms with van der Waals surface area (Å²) in [4.78, 5) is 19.0. The first-order chi connectivity index (χ1) is 18.7. The van der Waals surface area contributed by atoms with Crippen LogP contribution in [0.5, 0.6) is 5.88 Å². The maximum Gasteiger partial charge on any atom is 0.216 e. The van der Waals surface area contributed by atoms with E-state index in [2.05, 4.69) is 25.8 Å². The van der Waals surface area contributed by atoms with Gasteiger partial charge in [0.25, 0.3) is 0 Å². The number of benzene rings is 1. The number of halogens is 1. The number of rotatable bonds is 5. The van der Waals surface area contributed by atoms with Crippen LogP contribution in [0.4, 0.5) is 10.1 Å². The molecule has 6 heterocycles. The van der Waals surface area contributed by atoms with E-state index in [0.29, 0.717) is 41.1 Å². The van der Waals surface area contributed by atoms with E-state index < -0.39 is 5.82 Å². The van der Waals surface area contributed by atoms with Crippen LogP contribution in [0.25, 0.3) is 32.4 Å². The third-order valence-electron chi connectivity index (χ3n) is 9.61. The second-order valence-electron chi connectivity index (χ2n) is 11.8. The zero-order valence-electron chi connectivity index (χ0n) is 21.5. The highest BCUT2D eigenvalue weighted by atomic mass is 32.1. The van der Waals surface area contributed by atoms with Crippen LogP contribution >= 0.6 is 11.3 Å². The van der Waals surface area contributed by atoms with Crippen LogP contribution in [0, 0.1) is 17.7 Å². The zero-order chi connectivity index (χ0) is 25.3. The summed E-state index contributed by atoms with van der Waals surface area (Å²) in [6.45, 7) is 4.95. The first-order valence-electron chi connectivity index (χ1n) is 14.1. The molecule has 0 N–H and O–H groups in total. The minimum absolute atomic E-state index is 0.114. The molecule has 6 nitrogen and oxygen atoms in total. The monoisotopic (exact) mass is 529 g/mol. The molecule has 0 amide bonds. The lowest BCUT2D eigenvalue weighted by molar-refractivity contribution is 0.111. The summed E-state index contributed by atoms with van der Waals surface area (Å²) >= 11 is 1.55. The molecule has 0 radical (unpaired) electrons. The van der Waals surface area contributed by atoms with Crippen LogP contribution in [0.2, 0.25) is 0 Å². The highest BCUT2D eigenvalue weighted by Gasteiger charge is 2.45. The van der Waals surface area contributed by atoms with Gasteiger partial charge in [-0.3, -0.25) is 9.88 Å². The Morgan fingerprint density at radius 1 is 1.05 bits per heavy atom. The van der Waals surface area contributed by atoms with Crippen molar-refractivity contribution in [2.75, 3.05) is 37.7 Å². The molecular weight excluding hydrogens is 497 g/mol. The molecule has 2 unspecified atom stereocenters. The van der Waals surface area contributed by atoms with Crippen molar-refractivity contribution < 1.29 is 9.13 Å². The molecule has 3 aromatic heterocycles. The van der Waals surface area contributed by atoms with E-state index in [1.807, 2.05) is 24.4 Å². The van der Waals surface area contributed by atoms with E-state index in [1.165, 1.54) is 44.9 Å². The molecule has 3 saturated heterocycles. The maximum atomic E-state index is 16.4. The number of anilines is 1. The molecule has 0 spiro atoms. The van der Waals surface area contributed by atoms with Crippen molar-refractivity contribution >= 4 is 38.1 Å². The van der Waals surface area contributed by atoms with Gasteiger partial charge in [0.05, 0.1) is 27.0 Å². The molecule has 8 rings (SSSR count). The molecule has 4 aliphatic rings. The maximum absolute atomic E-state index is 16.4. The Morgan fingerprint density at radius 3 is 2.68 bits per heavy atom. The van der Waals surface area contributed by atoms with E-state index >= 15 is 4.39 Å². The van der Waals surface area contributed by atoms with E-state index in [1.54, 1.807) is 16.8 Å². The van der Waals surface area contributed by atoms with E-state index in [9.17, 15) is 0 Å². The Labute approximate surface area is 225 Å². The Morgan fingerprint density at radius 2 is 1.87 bits per heavy atom. The van der Waals surface area contributed by atoms with Gasteiger partial charge in [0.2, 0.25) is 5.88 Å². The largest absolute Gasteiger partial charge is 0.476 e. The van der Waals surface area contributed by atoms with Crippen molar-refractivity contribution in [2.45, 2.75) is 50.5 Å². The predicted molar refractivity (Wildman–Crippen MR) is 149 cm³/mol. The molecule has 1 saturated carbocycles.